The summed E-state index contributed by atoms with van der Waals surface area (Å²) >= 11 is 0. The molecule has 6 aromatic carbocycles. The van der Waals surface area contributed by atoms with E-state index in [1.54, 1.807) is 0 Å². The summed E-state index contributed by atoms with van der Waals surface area (Å²) in [6.45, 7) is 6.28. The van der Waals surface area contributed by atoms with Gasteiger partial charge in [-0.25, -0.2) is 15.0 Å². The molecule has 0 N–H and O–H groups in total. The molecule has 0 aliphatic rings. The molecule has 62 heavy (non-hydrogen) atoms. The predicted octanol–water partition coefficient (Wildman–Crippen LogP) is 13.6. The van der Waals surface area contributed by atoms with Crippen LogP contribution in [0.25, 0.3) is 77.8 Å². The van der Waals surface area contributed by atoms with Crippen LogP contribution in [-0.2, 0) is 6.42 Å². The molecule has 0 atom stereocenters. The van der Waals surface area contributed by atoms with Crippen molar-refractivity contribution >= 4 is 43.6 Å². The Hall–Kier alpha value is -8.10. The zero-order valence-corrected chi connectivity index (χ0v) is 34.5. The molecule has 0 bridgehead atoms. The molecule has 298 valence electrons. The summed E-state index contributed by atoms with van der Waals surface area (Å²) in [5, 5.41) is 4.62. The normalized spacial score (nSPS) is 11.5. The Labute approximate surface area is 358 Å². The SMILES string of the molecule is CCc1nc(-c2cccc(Oc3ccc4c5ccccc5n(-c5cc(C)ccn5)c4c3)c2)cnc1-c1cccc(Oc2ccc3c4ccccc4n(-c4cc(C)ccn4)c3c2)c1. The van der Waals surface area contributed by atoms with Crippen LogP contribution in [0.5, 0.6) is 23.0 Å². The van der Waals surface area contributed by atoms with Crippen LogP contribution in [0, 0.1) is 13.8 Å². The molecule has 0 aliphatic carbocycles. The maximum absolute atomic E-state index is 6.56. The lowest BCUT2D eigenvalue weighted by atomic mass is 10.1. The number of para-hydroxylation sites is 2. The molecule has 11 rings (SSSR count). The minimum absolute atomic E-state index is 0.704. The fraction of sp³-hybridized carbons (Fsp3) is 0.0741. The molecule has 0 spiro atoms. The predicted molar refractivity (Wildman–Crippen MR) is 249 cm³/mol. The Morgan fingerprint density at radius 3 is 1.50 bits per heavy atom. The Morgan fingerprint density at radius 1 is 0.452 bits per heavy atom. The van der Waals surface area contributed by atoms with Crippen molar-refractivity contribution in [1.29, 1.82) is 0 Å². The van der Waals surface area contributed by atoms with Crippen molar-refractivity contribution in [2.75, 3.05) is 0 Å². The Morgan fingerprint density at radius 2 is 0.952 bits per heavy atom. The summed E-state index contributed by atoms with van der Waals surface area (Å²) < 4.78 is 17.5. The fourth-order valence-corrected chi connectivity index (χ4v) is 8.56. The van der Waals surface area contributed by atoms with Crippen LogP contribution in [0.2, 0.25) is 0 Å². The highest BCUT2D eigenvalue weighted by Gasteiger charge is 2.17. The standard InChI is InChI=1S/C54H40N6O2/c1-4-46-54(37-12-10-14-39(30-37)62-41-20-22-45-43-16-6-8-18-49(43)60(51(45)32-41)53-28-35(3)24-26-56-53)57-33-47(58-46)36-11-9-13-38(29-36)61-40-19-21-44-42-15-5-7-17-48(42)59(50(44)31-40)52-27-34(2)23-25-55-52/h5-33H,4H2,1-3H3. The smallest absolute Gasteiger partial charge is 0.137 e. The molecule has 0 unspecified atom stereocenters. The van der Waals surface area contributed by atoms with Crippen molar-refractivity contribution in [3.8, 4) is 57.1 Å². The van der Waals surface area contributed by atoms with Gasteiger partial charge < -0.3 is 9.47 Å². The van der Waals surface area contributed by atoms with Crippen LogP contribution in [0.1, 0.15) is 23.7 Å². The third-order valence-corrected chi connectivity index (χ3v) is 11.4. The first-order chi connectivity index (χ1) is 30.5. The number of fused-ring (bicyclic) bond motifs is 6. The zero-order valence-electron chi connectivity index (χ0n) is 34.5. The van der Waals surface area contributed by atoms with Crippen LogP contribution < -0.4 is 9.47 Å². The van der Waals surface area contributed by atoms with Crippen LogP contribution in [0.4, 0.5) is 0 Å². The van der Waals surface area contributed by atoms with Crippen molar-refractivity contribution in [1.82, 2.24) is 29.1 Å². The van der Waals surface area contributed by atoms with Gasteiger partial charge in [-0.2, -0.15) is 0 Å². The van der Waals surface area contributed by atoms with E-state index < -0.39 is 0 Å². The lowest BCUT2D eigenvalue weighted by molar-refractivity contribution is 0.483. The summed E-state index contributed by atoms with van der Waals surface area (Å²) in [6, 6.07) is 53.7. The van der Waals surface area contributed by atoms with Gasteiger partial charge in [-0.05, 0) is 116 Å². The van der Waals surface area contributed by atoms with Gasteiger partial charge in [0, 0.05) is 57.2 Å². The second kappa shape index (κ2) is 15.2. The minimum atomic E-state index is 0.704. The van der Waals surface area contributed by atoms with E-state index in [9.17, 15) is 0 Å². The number of hydrogen-bond acceptors (Lipinski definition) is 6. The van der Waals surface area contributed by atoms with E-state index in [0.29, 0.717) is 17.9 Å². The molecular weight excluding hydrogens is 765 g/mol. The van der Waals surface area contributed by atoms with Gasteiger partial charge in [-0.3, -0.25) is 14.1 Å². The lowest BCUT2D eigenvalue weighted by Crippen LogP contribution is -1.99. The lowest BCUT2D eigenvalue weighted by Gasteiger charge is -2.13. The largest absolute Gasteiger partial charge is 0.457 e. The van der Waals surface area contributed by atoms with Crippen LogP contribution in [-0.4, -0.2) is 29.1 Å². The average Bonchev–Trinajstić information content (AvgIpc) is 3.81. The molecule has 5 heterocycles. The van der Waals surface area contributed by atoms with E-state index >= 15 is 0 Å². The van der Waals surface area contributed by atoms with Crippen LogP contribution >= 0.6 is 0 Å². The molecule has 5 aromatic heterocycles. The second-order valence-electron chi connectivity index (χ2n) is 15.6. The molecular formula is C54H40N6O2. The third kappa shape index (κ3) is 6.58. The van der Waals surface area contributed by atoms with Crippen molar-refractivity contribution in [3.05, 3.63) is 193 Å². The van der Waals surface area contributed by atoms with E-state index in [-0.39, 0.29) is 0 Å². The van der Waals surface area contributed by atoms with E-state index in [0.717, 1.165) is 95.3 Å². The molecule has 11 aromatic rings. The maximum atomic E-state index is 6.56. The van der Waals surface area contributed by atoms with E-state index in [1.165, 1.54) is 10.8 Å². The van der Waals surface area contributed by atoms with Crippen molar-refractivity contribution in [2.24, 2.45) is 0 Å². The van der Waals surface area contributed by atoms with Crippen molar-refractivity contribution in [3.63, 3.8) is 0 Å². The average molecular weight is 805 g/mol. The topological polar surface area (TPSA) is 79.9 Å². The first kappa shape index (κ1) is 36.9. The number of benzene rings is 6. The third-order valence-electron chi connectivity index (χ3n) is 11.4. The summed E-state index contributed by atoms with van der Waals surface area (Å²) in [6.07, 6.45) is 6.26. The van der Waals surface area contributed by atoms with Gasteiger partial charge in [0.05, 0.1) is 45.3 Å². The van der Waals surface area contributed by atoms with Gasteiger partial charge in [0.25, 0.3) is 0 Å². The quantitative estimate of drug-likeness (QED) is 0.145. The number of hydrogen-bond donors (Lipinski definition) is 0. The molecule has 0 amide bonds. The number of aryl methyl sites for hydroxylation is 3. The van der Waals surface area contributed by atoms with Crippen LogP contribution in [0.3, 0.4) is 0 Å². The molecule has 8 nitrogen and oxygen atoms in total. The van der Waals surface area contributed by atoms with Gasteiger partial charge in [-0.15, -0.1) is 0 Å². The van der Waals surface area contributed by atoms with Crippen LogP contribution in [0.15, 0.2) is 176 Å². The number of rotatable bonds is 9. The fourth-order valence-electron chi connectivity index (χ4n) is 8.56. The number of ether oxygens (including phenoxy) is 2. The van der Waals surface area contributed by atoms with Crippen molar-refractivity contribution in [2.45, 2.75) is 27.2 Å². The summed E-state index contributed by atoms with van der Waals surface area (Å²) in [5.41, 5.74) is 10.9. The van der Waals surface area contributed by atoms with E-state index in [4.69, 9.17) is 29.4 Å². The zero-order chi connectivity index (χ0) is 41.7. The number of aromatic nitrogens is 6. The number of pyridine rings is 2. The van der Waals surface area contributed by atoms with Crippen molar-refractivity contribution < 1.29 is 9.47 Å². The Kier molecular flexibility index (Phi) is 9.04. The van der Waals surface area contributed by atoms with E-state index in [1.807, 2.05) is 85.3 Å². The summed E-state index contributed by atoms with van der Waals surface area (Å²) in [4.78, 5) is 19.6. The number of nitrogens with zero attached hydrogens (tertiary/aromatic N) is 6. The molecule has 0 fully saturated rings. The van der Waals surface area contributed by atoms with Gasteiger partial charge in [0.1, 0.15) is 34.6 Å². The molecule has 0 radical (unpaired) electrons. The first-order valence-corrected chi connectivity index (χ1v) is 20.8. The monoisotopic (exact) mass is 804 g/mol. The highest BCUT2D eigenvalue weighted by Crippen LogP contribution is 2.38. The Balaban J connectivity index is 0.878. The molecule has 0 aliphatic heterocycles. The minimum Gasteiger partial charge on any atom is -0.457 e. The van der Waals surface area contributed by atoms with Gasteiger partial charge in [-0.1, -0.05) is 67.6 Å². The molecule has 0 saturated heterocycles. The highest BCUT2D eigenvalue weighted by atomic mass is 16.5. The second-order valence-corrected chi connectivity index (χ2v) is 15.6. The van der Waals surface area contributed by atoms with Gasteiger partial charge in [0.2, 0.25) is 0 Å². The van der Waals surface area contributed by atoms with Gasteiger partial charge >= 0.3 is 0 Å². The van der Waals surface area contributed by atoms with Gasteiger partial charge in [0.15, 0.2) is 0 Å². The van der Waals surface area contributed by atoms with E-state index in [2.05, 4.69) is 121 Å². The molecule has 0 saturated carbocycles. The highest BCUT2D eigenvalue weighted by molar-refractivity contribution is 6.10. The maximum Gasteiger partial charge on any atom is 0.137 e. The molecule has 8 heteroatoms. The first-order valence-electron chi connectivity index (χ1n) is 20.8. The summed E-state index contributed by atoms with van der Waals surface area (Å²) in [5.74, 6) is 4.63. The summed E-state index contributed by atoms with van der Waals surface area (Å²) in [7, 11) is 0. The Bertz CT molecular complexity index is 3510.